The first-order chi connectivity index (χ1) is 8.25. The van der Waals surface area contributed by atoms with E-state index in [1.807, 2.05) is 0 Å². The van der Waals surface area contributed by atoms with Crippen LogP contribution < -0.4 is 5.73 Å². The maximum atomic E-state index is 11.7. The number of ether oxygens (including phenoxy) is 1. The monoisotopic (exact) mass is 241 g/mol. The molecule has 0 bridgehead atoms. The summed E-state index contributed by atoms with van der Waals surface area (Å²) >= 11 is 0. The molecule has 1 fully saturated rings. The molecular weight excluding hydrogens is 214 g/mol. The highest BCUT2D eigenvalue weighted by Gasteiger charge is 2.25. The van der Waals surface area contributed by atoms with E-state index in [0.717, 1.165) is 25.7 Å². The van der Waals surface area contributed by atoms with Crippen LogP contribution in [0.2, 0.25) is 0 Å². The number of nitrogens with two attached hydrogens (primary N) is 1. The van der Waals surface area contributed by atoms with Gasteiger partial charge in [0.2, 0.25) is 0 Å². The molecule has 17 heavy (non-hydrogen) atoms. The Labute approximate surface area is 105 Å². The van der Waals surface area contributed by atoms with Gasteiger partial charge in [-0.15, -0.1) is 0 Å². The van der Waals surface area contributed by atoms with Gasteiger partial charge < -0.3 is 10.5 Å². The molecule has 0 aliphatic heterocycles. The van der Waals surface area contributed by atoms with Crippen molar-refractivity contribution in [2.75, 3.05) is 7.11 Å². The number of carbonyl (C=O) groups excluding carboxylic acids is 1. The Kier molecular flexibility index (Phi) is 7.25. The van der Waals surface area contributed by atoms with Gasteiger partial charge >= 0.3 is 5.97 Å². The molecule has 1 aliphatic carbocycles. The topological polar surface area (TPSA) is 52.3 Å². The zero-order valence-corrected chi connectivity index (χ0v) is 11.1. The van der Waals surface area contributed by atoms with Crippen LogP contribution in [0.1, 0.15) is 64.2 Å². The van der Waals surface area contributed by atoms with E-state index in [1.54, 1.807) is 0 Å². The molecule has 2 atom stereocenters. The Morgan fingerprint density at radius 1 is 0.941 bits per heavy atom. The molecule has 3 nitrogen and oxygen atoms in total. The van der Waals surface area contributed by atoms with Crippen molar-refractivity contribution < 1.29 is 9.53 Å². The lowest BCUT2D eigenvalue weighted by atomic mass is 9.89. The van der Waals surface area contributed by atoms with Crippen LogP contribution in [-0.4, -0.2) is 19.1 Å². The first kappa shape index (κ1) is 14.5. The van der Waals surface area contributed by atoms with Crippen molar-refractivity contribution in [2.45, 2.75) is 70.3 Å². The average molecular weight is 241 g/mol. The second-order valence-corrected chi connectivity index (χ2v) is 5.20. The largest absolute Gasteiger partial charge is 0.469 e. The summed E-state index contributed by atoms with van der Waals surface area (Å²) in [5.74, 6) is -0.200. The summed E-state index contributed by atoms with van der Waals surface area (Å²) in [5, 5.41) is 0. The van der Waals surface area contributed by atoms with E-state index in [0.29, 0.717) is 0 Å². The highest BCUT2D eigenvalue weighted by atomic mass is 16.5. The van der Waals surface area contributed by atoms with Crippen molar-refractivity contribution in [2.24, 2.45) is 11.7 Å². The lowest BCUT2D eigenvalue weighted by molar-refractivity contribution is -0.146. The Balaban J connectivity index is 2.47. The van der Waals surface area contributed by atoms with Gasteiger partial charge in [-0.2, -0.15) is 0 Å². The molecule has 0 saturated heterocycles. The van der Waals surface area contributed by atoms with Crippen LogP contribution in [0, 0.1) is 5.92 Å². The second-order valence-electron chi connectivity index (χ2n) is 5.20. The third-order valence-electron chi connectivity index (χ3n) is 3.82. The number of esters is 1. The highest BCUT2D eigenvalue weighted by Crippen LogP contribution is 2.21. The van der Waals surface area contributed by atoms with Crippen molar-refractivity contribution in [1.82, 2.24) is 0 Å². The number of hydrogen-bond donors (Lipinski definition) is 1. The number of rotatable bonds is 1. The Morgan fingerprint density at radius 3 is 1.94 bits per heavy atom. The molecule has 2 N–H and O–H groups in total. The van der Waals surface area contributed by atoms with Gasteiger partial charge in [0.05, 0.1) is 13.0 Å². The second kappa shape index (κ2) is 8.51. The molecule has 1 rings (SSSR count). The fraction of sp³-hybridized carbons (Fsp3) is 0.929. The predicted molar refractivity (Wildman–Crippen MR) is 69.7 cm³/mol. The molecule has 0 amide bonds. The fourth-order valence-electron chi connectivity index (χ4n) is 2.66. The summed E-state index contributed by atoms with van der Waals surface area (Å²) in [5.41, 5.74) is 6.13. The van der Waals surface area contributed by atoms with E-state index in [-0.39, 0.29) is 17.9 Å². The minimum atomic E-state index is -0.116. The molecule has 1 unspecified atom stereocenters. The summed E-state index contributed by atoms with van der Waals surface area (Å²) in [4.78, 5) is 11.7. The van der Waals surface area contributed by atoms with Crippen LogP contribution in [0.3, 0.4) is 0 Å². The van der Waals surface area contributed by atoms with E-state index < -0.39 is 0 Å². The van der Waals surface area contributed by atoms with Gasteiger partial charge in [-0.1, -0.05) is 51.4 Å². The number of methoxy groups -OCH3 is 1. The van der Waals surface area contributed by atoms with Crippen molar-refractivity contribution >= 4 is 5.97 Å². The minimum absolute atomic E-state index is 0.0122. The van der Waals surface area contributed by atoms with E-state index in [4.69, 9.17) is 10.5 Å². The fourth-order valence-corrected chi connectivity index (χ4v) is 2.66. The molecule has 1 saturated carbocycles. The van der Waals surface area contributed by atoms with E-state index in [2.05, 4.69) is 0 Å². The Morgan fingerprint density at radius 2 is 1.41 bits per heavy atom. The van der Waals surface area contributed by atoms with Gasteiger partial charge in [0, 0.05) is 6.04 Å². The van der Waals surface area contributed by atoms with Crippen LogP contribution in [0.25, 0.3) is 0 Å². The van der Waals surface area contributed by atoms with Crippen molar-refractivity contribution in [3.05, 3.63) is 0 Å². The van der Waals surface area contributed by atoms with E-state index in [1.165, 1.54) is 45.6 Å². The van der Waals surface area contributed by atoms with E-state index >= 15 is 0 Å². The average Bonchev–Trinajstić information content (AvgIpc) is 2.33. The van der Waals surface area contributed by atoms with Gasteiger partial charge in [0.25, 0.3) is 0 Å². The minimum Gasteiger partial charge on any atom is -0.469 e. The zero-order valence-electron chi connectivity index (χ0n) is 11.1. The lowest BCUT2D eigenvalue weighted by Crippen LogP contribution is -2.36. The smallest absolute Gasteiger partial charge is 0.310 e. The first-order valence-corrected chi connectivity index (χ1v) is 7.09. The molecule has 0 aromatic heterocycles. The summed E-state index contributed by atoms with van der Waals surface area (Å²) < 4.78 is 4.87. The summed E-state index contributed by atoms with van der Waals surface area (Å²) in [6.45, 7) is 0. The maximum Gasteiger partial charge on any atom is 0.310 e. The standard InChI is InChI=1S/C14H27NO2/c1-17-14(16)12-10-8-6-4-2-3-5-7-9-11-13(12)15/h12-13H,2-11,15H2,1H3/t12?,13-/m0/s1. The molecule has 0 radical (unpaired) electrons. The lowest BCUT2D eigenvalue weighted by Gasteiger charge is -2.22. The van der Waals surface area contributed by atoms with Crippen LogP contribution in [0.15, 0.2) is 0 Å². The van der Waals surface area contributed by atoms with Crippen LogP contribution in [0.5, 0.6) is 0 Å². The normalized spacial score (nSPS) is 28.8. The van der Waals surface area contributed by atoms with Gasteiger partial charge in [-0.3, -0.25) is 4.79 Å². The molecular formula is C14H27NO2. The third-order valence-corrected chi connectivity index (χ3v) is 3.82. The number of carbonyl (C=O) groups is 1. The van der Waals surface area contributed by atoms with Gasteiger partial charge in [-0.25, -0.2) is 0 Å². The van der Waals surface area contributed by atoms with Gasteiger partial charge in [-0.05, 0) is 12.8 Å². The highest BCUT2D eigenvalue weighted by molar-refractivity contribution is 5.73. The quantitative estimate of drug-likeness (QED) is 0.718. The molecule has 0 heterocycles. The van der Waals surface area contributed by atoms with Crippen LogP contribution in [-0.2, 0) is 9.53 Å². The summed E-state index contributed by atoms with van der Waals surface area (Å²) in [7, 11) is 1.46. The van der Waals surface area contributed by atoms with Gasteiger partial charge in [0.1, 0.15) is 0 Å². The molecule has 0 aromatic carbocycles. The van der Waals surface area contributed by atoms with E-state index in [9.17, 15) is 4.79 Å². The van der Waals surface area contributed by atoms with Crippen molar-refractivity contribution in [3.8, 4) is 0 Å². The first-order valence-electron chi connectivity index (χ1n) is 7.09. The Bertz CT molecular complexity index is 218. The molecule has 3 heteroatoms. The Hall–Kier alpha value is -0.570. The van der Waals surface area contributed by atoms with Gasteiger partial charge in [0.15, 0.2) is 0 Å². The zero-order chi connectivity index (χ0) is 12.5. The summed E-state index contributed by atoms with van der Waals surface area (Å²) in [6.07, 6.45) is 11.9. The predicted octanol–water partition coefficient (Wildman–Crippen LogP) is 3.02. The molecule has 0 spiro atoms. The maximum absolute atomic E-state index is 11.7. The molecule has 100 valence electrons. The molecule has 1 aliphatic rings. The van der Waals surface area contributed by atoms with Crippen molar-refractivity contribution in [1.29, 1.82) is 0 Å². The third kappa shape index (κ3) is 5.53. The number of hydrogen-bond acceptors (Lipinski definition) is 3. The van der Waals surface area contributed by atoms with Crippen molar-refractivity contribution in [3.63, 3.8) is 0 Å². The summed E-state index contributed by atoms with van der Waals surface area (Å²) in [6, 6.07) is -0.0122. The van der Waals surface area contributed by atoms with Crippen LogP contribution in [0.4, 0.5) is 0 Å². The molecule has 0 aromatic rings. The van der Waals surface area contributed by atoms with Crippen LogP contribution >= 0.6 is 0 Å². The SMILES string of the molecule is COC(=O)C1CCCCCCCCCC[C@@H]1N.